The number of likely N-dealkylation sites (tertiary alicyclic amines) is 1. The molecule has 1 aromatic carbocycles. The van der Waals surface area contributed by atoms with E-state index in [1.807, 2.05) is 31.2 Å². The summed E-state index contributed by atoms with van der Waals surface area (Å²) in [5.74, 6) is 1.52. The number of hydrogen-bond acceptors (Lipinski definition) is 5. The second-order valence-corrected chi connectivity index (χ2v) is 5.94. The second kappa shape index (κ2) is 5.95. The molecule has 1 aliphatic rings. The quantitative estimate of drug-likeness (QED) is 0.938. The topological polar surface area (TPSA) is 62.4 Å². The van der Waals surface area contributed by atoms with Gasteiger partial charge in [0.1, 0.15) is 0 Å². The number of aryl methyl sites for hydroxylation is 1. The van der Waals surface area contributed by atoms with Gasteiger partial charge in [-0.15, -0.1) is 10.2 Å². The van der Waals surface area contributed by atoms with Gasteiger partial charge < -0.3 is 9.52 Å². The standard InChI is InChI=1S/C16H21N3O2/c1-11-3-5-13(6-4-11)16-18-17-15(21-16)10-19-8-7-12(2)14(20)9-19/h3-6,12,14,20H,7-10H2,1-2H3. The molecule has 1 fully saturated rings. The van der Waals surface area contributed by atoms with E-state index in [0.717, 1.165) is 18.5 Å². The fourth-order valence-electron chi connectivity index (χ4n) is 2.58. The van der Waals surface area contributed by atoms with Crippen molar-refractivity contribution in [2.24, 2.45) is 5.92 Å². The minimum atomic E-state index is -0.266. The summed E-state index contributed by atoms with van der Waals surface area (Å²) in [6.45, 7) is 6.36. The molecule has 1 saturated heterocycles. The highest BCUT2D eigenvalue weighted by atomic mass is 16.4. The molecule has 0 radical (unpaired) electrons. The van der Waals surface area contributed by atoms with E-state index in [2.05, 4.69) is 22.0 Å². The van der Waals surface area contributed by atoms with Crippen molar-refractivity contribution in [3.05, 3.63) is 35.7 Å². The summed E-state index contributed by atoms with van der Waals surface area (Å²) in [4.78, 5) is 2.16. The van der Waals surface area contributed by atoms with Gasteiger partial charge >= 0.3 is 0 Å². The molecule has 21 heavy (non-hydrogen) atoms. The molecule has 112 valence electrons. The molecule has 0 aliphatic carbocycles. The van der Waals surface area contributed by atoms with E-state index >= 15 is 0 Å². The average molecular weight is 287 g/mol. The number of aliphatic hydroxyl groups excluding tert-OH is 1. The van der Waals surface area contributed by atoms with Gasteiger partial charge in [-0.05, 0) is 37.9 Å². The maximum Gasteiger partial charge on any atom is 0.247 e. The van der Waals surface area contributed by atoms with Crippen LogP contribution in [0.4, 0.5) is 0 Å². The van der Waals surface area contributed by atoms with E-state index in [1.165, 1.54) is 5.56 Å². The number of aliphatic hydroxyl groups is 1. The first-order chi connectivity index (χ1) is 10.1. The molecular weight excluding hydrogens is 266 g/mol. The SMILES string of the molecule is Cc1ccc(-c2nnc(CN3CCC(C)C(O)C3)o2)cc1. The average Bonchev–Trinajstić information content (AvgIpc) is 2.92. The number of rotatable bonds is 3. The van der Waals surface area contributed by atoms with Crippen LogP contribution in [0.1, 0.15) is 24.8 Å². The van der Waals surface area contributed by atoms with E-state index in [1.54, 1.807) is 0 Å². The third-order valence-corrected chi connectivity index (χ3v) is 4.13. The highest BCUT2D eigenvalue weighted by Gasteiger charge is 2.25. The number of aromatic nitrogens is 2. The Balaban J connectivity index is 1.66. The molecular formula is C16H21N3O2. The van der Waals surface area contributed by atoms with Gasteiger partial charge in [-0.2, -0.15) is 0 Å². The Morgan fingerprint density at radius 1 is 1.29 bits per heavy atom. The highest BCUT2D eigenvalue weighted by Crippen LogP contribution is 2.21. The summed E-state index contributed by atoms with van der Waals surface area (Å²) in [5, 5.41) is 18.1. The van der Waals surface area contributed by atoms with E-state index in [0.29, 0.717) is 30.8 Å². The molecule has 1 N–H and O–H groups in total. The van der Waals surface area contributed by atoms with Gasteiger partial charge in [0, 0.05) is 12.1 Å². The Bertz CT molecular complexity index is 594. The van der Waals surface area contributed by atoms with E-state index < -0.39 is 0 Å². The zero-order chi connectivity index (χ0) is 14.8. The Hall–Kier alpha value is -1.72. The molecule has 0 amide bonds. The van der Waals surface area contributed by atoms with Gasteiger partial charge in [0.25, 0.3) is 0 Å². The highest BCUT2D eigenvalue weighted by molar-refractivity contribution is 5.52. The first kappa shape index (κ1) is 14.2. The molecule has 2 atom stereocenters. The van der Waals surface area contributed by atoms with Crippen LogP contribution in [0.3, 0.4) is 0 Å². The van der Waals surface area contributed by atoms with Crippen LogP contribution in [0.5, 0.6) is 0 Å². The summed E-state index contributed by atoms with van der Waals surface area (Å²) in [6, 6.07) is 8.03. The van der Waals surface area contributed by atoms with Gasteiger partial charge in [-0.3, -0.25) is 4.90 Å². The molecule has 1 aliphatic heterocycles. The van der Waals surface area contributed by atoms with Crippen LogP contribution in [0.2, 0.25) is 0 Å². The molecule has 0 saturated carbocycles. The minimum Gasteiger partial charge on any atom is -0.419 e. The van der Waals surface area contributed by atoms with Gasteiger partial charge in [0.15, 0.2) is 0 Å². The van der Waals surface area contributed by atoms with Crippen LogP contribution in [-0.2, 0) is 6.54 Å². The number of nitrogens with zero attached hydrogens (tertiary/aromatic N) is 3. The molecule has 3 rings (SSSR count). The predicted octanol–water partition coefficient (Wildman–Crippen LogP) is 2.25. The van der Waals surface area contributed by atoms with Crippen molar-refractivity contribution in [1.82, 2.24) is 15.1 Å². The van der Waals surface area contributed by atoms with Crippen LogP contribution in [0.15, 0.2) is 28.7 Å². The molecule has 5 nitrogen and oxygen atoms in total. The van der Waals surface area contributed by atoms with Crippen LogP contribution >= 0.6 is 0 Å². The number of hydrogen-bond donors (Lipinski definition) is 1. The predicted molar refractivity (Wildman–Crippen MR) is 79.5 cm³/mol. The van der Waals surface area contributed by atoms with Crippen molar-refractivity contribution in [2.45, 2.75) is 32.9 Å². The third kappa shape index (κ3) is 3.31. The maximum absolute atomic E-state index is 9.93. The van der Waals surface area contributed by atoms with E-state index in [-0.39, 0.29) is 6.10 Å². The number of piperidine rings is 1. The third-order valence-electron chi connectivity index (χ3n) is 4.13. The van der Waals surface area contributed by atoms with Crippen LogP contribution in [-0.4, -0.2) is 39.4 Å². The van der Waals surface area contributed by atoms with Crippen LogP contribution in [0, 0.1) is 12.8 Å². The fraction of sp³-hybridized carbons (Fsp3) is 0.500. The zero-order valence-corrected chi connectivity index (χ0v) is 12.5. The van der Waals surface area contributed by atoms with E-state index in [4.69, 9.17) is 4.42 Å². The Morgan fingerprint density at radius 2 is 2.05 bits per heavy atom. The number of benzene rings is 1. The van der Waals surface area contributed by atoms with Crippen molar-refractivity contribution >= 4 is 0 Å². The lowest BCUT2D eigenvalue weighted by molar-refractivity contribution is 0.0228. The zero-order valence-electron chi connectivity index (χ0n) is 12.5. The first-order valence-electron chi connectivity index (χ1n) is 7.41. The van der Waals surface area contributed by atoms with Gasteiger partial charge in [0.05, 0.1) is 12.6 Å². The Morgan fingerprint density at radius 3 is 2.76 bits per heavy atom. The monoisotopic (exact) mass is 287 g/mol. The van der Waals surface area contributed by atoms with Crippen LogP contribution in [0.25, 0.3) is 11.5 Å². The number of β-amino-alcohol motifs (C(OH)–C–C–N with tert-alkyl or cyclic N) is 1. The largest absolute Gasteiger partial charge is 0.419 e. The lowest BCUT2D eigenvalue weighted by Crippen LogP contribution is -2.42. The summed E-state index contributed by atoms with van der Waals surface area (Å²) in [5.41, 5.74) is 2.14. The molecule has 5 heteroatoms. The van der Waals surface area contributed by atoms with Crippen molar-refractivity contribution in [2.75, 3.05) is 13.1 Å². The molecule has 0 spiro atoms. The molecule has 2 unspecified atom stereocenters. The summed E-state index contributed by atoms with van der Waals surface area (Å²) >= 11 is 0. The fourth-order valence-corrected chi connectivity index (χ4v) is 2.58. The summed E-state index contributed by atoms with van der Waals surface area (Å²) in [6.07, 6.45) is 0.735. The Labute approximate surface area is 124 Å². The summed E-state index contributed by atoms with van der Waals surface area (Å²) < 4.78 is 5.73. The normalized spacial score (nSPS) is 23.4. The maximum atomic E-state index is 9.93. The molecule has 2 heterocycles. The lowest BCUT2D eigenvalue weighted by atomic mass is 9.96. The van der Waals surface area contributed by atoms with Gasteiger partial charge in [0.2, 0.25) is 11.8 Å². The molecule has 1 aromatic heterocycles. The van der Waals surface area contributed by atoms with Crippen molar-refractivity contribution in [1.29, 1.82) is 0 Å². The first-order valence-corrected chi connectivity index (χ1v) is 7.41. The second-order valence-electron chi connectivity index (χ2n) is 5.94. The molecule has 0 bridgehead atoms. The minimum absolute atomic E-state index is 0.266. The lowest BCUT2D eigenvalue weighted by Gasteiger charge is -2.33. The smallest absolute Gasteiger partial charge is 0.247 e. The van der Waals surface area contributed by atoms with Crippen molar-refractivity contribution in [3.8, 4) is 11.5 Å². The Kier molecular flexibility index (Phi) is 4.03. The molecule has 2 aromatic rings. The van der Waals surface area contributed by atoms with Crippen molar-refractivity contribution < 1.29 is 9.52 Å². The van der Waals surface area contributed by atoms with Crippen molar-refractivity contribution in [3.63, 3.8) is 0 Å². The van der Waals surface area contributed by atoms with Gasteiger partial charge in [-0.1, -0.05) is 24.6 Å². The van der Waals surface area contributed by atoms with Gasteiger partial charge in [-0.25, -0.2) is 0 Å². The summed E-state index contributed by atoms with van der Waals surface area (Å²) in [7, 11) is 0. The van der Waals surface area contributed by atoms with E-state index in [9.17, 15) is 5.11 Å². The van der Waals surface area contributed by atoms with Crippen LogP contribution < -0.4 is 0 Å².